The zero-order valence-corrected chi connectivity index (χ0v) is 23.0. The van der Waals surface area contributed by atoms with Gasteiger partial charge in [-0.25, -0.2) is 18.1 Å². The fourth-order valence-electron chi connectivity index (χ4n) is 3.92. The Labute approximate surface area is 233 Å². The summed E-state index contributed by atoms with van der Waals surface area (Å²) in [5.41, 5.74) is 5.29. The second-order valence-electron chi connectivity index (χ2n) is 9.17. The molecule has 40 heavy (non-hydrogen) atoms. The second kappa shape index (κ2) is 12.9. The minimum Gasteiger partial charge on any atom is -0.461 e. The van der Waals surface area contributed by atoms with Crippen molar-refractivity contribution < 1.29 is 37.0 Å². The SMILES string of the molecule is C[C@H](CP(=O)(OC[C@H]1S[C@@H](n2ccc(N)nc2=O)[C@@H](F)[C@@H]1O)Oc1ccccc1)C(=O)OCc1ccc(F)cc1. The van der Waals surface area contributed by atoms with E-state index in [1.165, 1.54) is 43.5 Å². The number of halogens is 2. The van der Waals surface area contributed by atoms with Gasteiger partial charge in [-0.3, -0.25) is 13.9 Å². The highest BCUT2D eigenvalue weighted by Crippen LogP contribution is 2.52. The summed E-state index contributed by atoms with van der Waals surface area (Å²) in [6, 6.07) is 14.9. The molecule has 2 aromatic carbocycles. The van der Waals surface area contributed by atoms with Crippen LogP contribution >= 0.6 is 19.4 Å². The predicted molar refractivity (Wildman–Crippen MR) is 145 cm³/mol. The van der Waals surface area contributed by atoms with Crippen molar-refractivity contribution in [1.29, 1.82) is 0 Å². The number of rotatable bonds is 11. The van der Waals surface area contributed by atoms with Crippen LogP contribution in [0.4, 0.5) is 14.6 Å². The smallest absolute Gasteiger partial charge is 0.380 e. The van der Waals surface area contributed by atoms with Crippen molar-refractivity contribution in [3.63, 3.8) is 0 Å². The molecule has 0 amide bonds. The molecule has 1 saturated heterocycles. The van der Waals surface area contributed by atoms with Crippen LogP contribution in [-0.2, 0) is 25.2 Å². The van der Waals surface area contributed by atoms with Crippen molar-refractivity contribution in [3.8, 4) is 5.75 Å². The van der Waals surface area contributed by atoms with Crippen LogP contribution in [0.5, 0.6) is 5.75 Å². The lowest BCUT2D eigenvalue weighted by Gasteiger charge is -2.24. The number of anilines is 1. The van der Waals surface area contributed by atoms with Gasteiger partial charge in [-0.15, -0.1) is 11.8 Å². The average molecular weight is 596 g/mol. The number of nitrogen functional groups attached to an aromatic ring is 1. The van der Waals surface area contributed by atoms with Crippen molar-refractivity contribution >= 4 is 31.1 Å². The Bertz CT molecular complexity index is 1410. The minimum absolute atomic E-state index is 0.0237. The number of aliphatic hydroxyl groups is 1. The highest BCUT2D eigenvalue weighted by molar-refractivity contribution is 8.00. The number of carbonyl (C=O) groups excluding carboxylic acids is 1. The van der Waals surface area contributed by atoms with Crippen molar-refractivity contribution in [2.45, 2.75) is 36.4 Å². The summed E-state index contributed by atoms with van der Waals surface area (Å²) in [5, 5.41) is 8.49. The zero-order chi connectivity index (χ0) is 28.9. The van der Waals surface area contributed by atoms with Gasteiger partial charge in [-0.2, -0.15) is 4.98 Å². The standard InChI is InChI=1S/C26H28F2N3O7PS/c1-16(25(33)36-13-17-7-9-18(27)10-8-17)15-39(35,38-19-5-3-2-4-6-19)37-14-20-23(32)22(28)24(40-20)31-12-11-21(29)30-26(31)34/h2-12,16,20,22-24,32H,13-15H2,1H3,(H2,29,30,34)/t16-,20-,22+,23-,24-,39?/m1/s1. The third kappa shape index (κ3) is 7.48. The fourth-order valence-corrected chi connectivity index (χ4v) is 7.32. The first-order valence-electron chi connectivity index (χ1n) is 12.3. The molecule has 4 rings (SSSR count). The van der Waals surface area contributed by atoms with Gasteiger partial charge in [0.2, 0.25) is 0 Å². The molecular weight excluding hydrogens is 567 g/mol. The largest absolute Gasteiger partial charge is 0.461 e. The van der Waals surface area contributed by atoms with E-state index >= 15 is 4.39 Å². The molecule has 3 N–H and O–H groups in total. The molecule has 1 aliphatic rings. The van der Waals surface area contributed by atoms with Crippen LogP contribution in [0.3, 0.4) is 0 Å². The molecule has 0 radical (unpaired) electrons. The van der Waals surface area contributed by atoms with Gasteiger partial charge >= 0.3 is 19.3 Å². The number of aliphatic hydroxyl groups excluding tert-OH is 1. The summed E-state index contributed by atoms with van der Waals surface area (Å²) in [4.78, 5) is 28.4. The van der Waals surface area contributed by atoms with Gasteiger partial charge in [0.1, 0.15) is 35.5 Å². The van der Waals surface area contributed by atoms with Gasteiger partial charge in [-0.1, -0.05) is 37.3 Å². The number of carbonyl (C=O) groups is 1. The number of esters is 1. The molecule has 0 aliphatic carbocycles. The normalized spacial score (nSPS) is 22.8. The summed E-state index contributed by atoms with van der Waals surface area (Å²) < 4.78 is 59.6. The van der Waals surface area contributed by atoms with E-state index in [9.17, 15) is 23.7 Å². The Hall–Kier alpha value is -3.25. The molecule has 1 unspecified atom stereocenters. The third-order valence-electron chi connectivity index (χ3n) is 6.04. The lowest BCUT2D eigenvalue weighted by Crippen LogP contribution is -2.33. The Morgan fingerprint density at radius 3 is 2.58 bits per heavy atom. The van der Waals surface area contributed by atoms with Crippen LogP contribution < -0.4 is 15.9 Å². The first-order valence-corrected chi connectivity index (χ1v) is 14.9. The monoisotopic (exact) mass is 595 g/mol. The summed E-state index contributed by atoms with van der Waals surface area (Å²) in [7, 11) is -4.05. The van der Waals surface area contributed by atoms with Crippen LogP contribution in [0.2, 0.25) is 0 Å². The highest BCUT2D eigenvalue weighted by Gasteiger charge is 2.46. The van der Waals surface area contributed by atoms with Crippen molar-refractivity contribution in [3.05, 3.63) is 88.7 Å². The third-order valence-corrected chi connectivity index (χ3v) is 9.59. The van der Waals surface area contributed by atoms with E-state index in [0.717, 1.165) is 16.3 Å². The number of ether oxygens (including phenoxy) is 1. The number of nitrogens with zero attached hydrogens (tertiary/aromatic N) is 2. The van der Waals surface area contributed by atoms with Crippen molar-refractivity contribution in [1.82, 2.24) is 9.55 Å². The average Bonchev–Trinajstić information content (AvgIpc) is 3.20. The summed E-state index contributed by atoms with van der Waals surface area (Å²) in [6.45, 7) is 0.976. The summed E-state index contributed by atoms with van der Waals surface area (Å²) >= 11 is 0.916. The molecule has 0 spiro atoms. The maximum Gasteiger partial charge on any atom is 0.380 e. The highest BCUT2D eigenvalue weighted by atomic mass is 32.2. The molecular formula is C26H28F2N3O7PS. The second-order valence-corrected chi connectivity index (χ2v) is 12.6. The van der Waals surface area contributed by atoms with Crippen LogP contribution in [0.25, 0.3) is 0 Å². The quantitative estimate of drug-likeness (QED) is 0.247. The lowest BCUT2D eigenvalue weighted by molar-refractivity contribution is -0.148. The van der Waals surface area contributed by atoms with Crippen molar-refractivity contribution in [2.75, 3.05) is 18.5 Å². The van der Waals surface area contributed by atoms with E-state index in [-0.39, 0.29) is 24.3 Å². The number of hydrogen-bond acceptors (Lipinski definition) is 10. The maximum atomic E-state index is 15.0. The number of nitrogens with two attached hydrogens (primary N) is 1. The fraction of sp³-hybridized carbons (Fsp3) is 0.346. The number of alkyl halides is 1. The molecule has 3 aromatic rings. The topological polar surface area (TPSA) is 143 Å². The number of para-hydroxylation sites is 1. The Balaban J connectivity index is 1.44. The van der Waals surface area contributed by atoms with E-state index in [0.29, 0.717) is 5.56 Å². The molecule has 2 heterocycles. The van der Waals surface area contributed by atoms with Gasteiger partial charge in [0.05, 0.1) is 23.9 Å². The molecule has 1 aromatic heterocycles. The molecule has 6 atom stereocenters. The summed E-state index contributed by atoms with van der Waals surface area (Å²) in [6.07, 6.45) is -2.49. The van der Waals surface area contributed by atoms with E-state index in [2.05, 4.69) is 4.98 Å². The number of thioether (sulfide) groups is 1. The molecule has 0 bridgehead atoms. The maximum absolute atomic E-state index is 15.0. The number of hydrogen-bond donors (Lipinski definition) is 2. The molecule has 10 nitrogen and oxygen atoms in total. The first-order chi connectivity index (χ1) is 19.0. The molecule has 1 aliphatic heterocycles. The number of benzene rings is 2. The zero-order valence-electron chi connectivity index (χ0n) is 21.3. The van der Waals surface area contributed by atoms with Crippen molar-refractivity contribution in [2.24, 2.45) is 5.92 Å². The minimum atomic E-state index is -4.05. The van der Waals surface area contributed by atoms with Crippen LogP contribution in [0.1, 0.15) is 17.9 Å². The molecule has 1 fully saturated rings. The van der Waals surface area contributed by atoms with E-state index in [4.69, 9.17) is 19.5 Å². The van der Waals surface area contributed by atoms with Gasteiger partial charge in [-0.05, 0) is 35.9 Å². The molecule has 14 heteroatoms. The van der Waals surface area contributed by atoms with Gasteiger partial charge in [0, 0.05) is 6.20 Å². The van der Waals surface area contributed by atoms with E-state index in [1.54, 1.807) is 30.3 Å². The Morgan fingerprint density at radius 1 is 1.20 bits per heavy atom. The first kappa shape index (κ1) is 29.7. The lowest BCUT2D eigenvalue weighted by atomic mass is 10.1. The molecule has 0 saturated carbocycles. The number of aromatic nitrogens is 2. The Kier molecular flexibility index (Phi) is 9.62. The van der Waals surface area contributed by atoms with E-state index < -0.39 is 60.5 Å². The summed E-state index contributed by atoms with van der Waals surface area (Å²) in [5.74, 6) is -1.84. The van der Waals surface area contributed by atoms with Crippen LogP contribution in [0.15, 0.2) is 71.7 Å². The molecule has 214 valence electrons. The van der Waals surface area contributed by atoms with Gasteiger partial charge in [0.15, 0.2) is 6.17 Å². The predicted octanol–water partition coefficient (Wildman–Crippen LogP) is 3.95. The van der Waals surface area contributed by atoms with E-state index in [1.807, 2.05) is 0 Å². The van der Waals surface area contributed by atoms with Crippen LogP contribution in [-0.4, -0.2) is 50.9 Å². The Morgan fingerprint density at radius 2 is 1.90 bits per heavy atom. The van der Waals surface area contributed by atoms with Crippen LogP contribution in [0, 0.1) is 11.7 Å². The van der Waals surface area contributed by atoms with Gasteiger partial charge < -0.3 is 20.1 Å². The van der Waals surface area contributed by atoms with Gasteiger partial charge in [0.25, 0.3) is 0 Å².